The van der Waals surface area contributed by atoms with E-state index in [1.165, 1.54) is 167 Å². The SMILES string of the molecule is CCCCCCCC/C=C\CCCCCCCCOCC(CN)OCCCCCCCCCCCCCCCC. The lowest BCUT2D eigenvalue weighted by molar-refractivity contribution is -0.0136. The van der Waals surface area contributed by atoms with Gasteiger partial charge in [0.05, 0.1) is 12.7 Å². The normalized spacial score (nSPS) is 12.6. The van der Waals surface area contributed by atoms with Gasteiger partial charge in [0.1, 0.15) is 0 Å². The van der Waals surface area contributed by atoms with Crippen LogP contribution in [0.25, 0.3) is 0 Å². The van der Waals surface area contributed by atoms with E-state index in [4.69, 9.17) is 15.2 Å². The highest BCUT2D eigenvalue weighted by molar-refractivity contribution is 4.81. The molecule has 1 atom stereocenters. The van der Waals surface area contributed by atoms with Gasteiger partial charge in [-0.05, 0) is 38.5 Å². The fourth-order valence-corrected chi connectivity index (χ4v) is 5.40. The summed E-state index contributed by atoms with van der Waals surface area (Å²) in [6.07, 6.45) is 43.1. The van der Waals surface area contributed by atoms with Crippen molar-refractivity contribution in [2.24, 2.45) is 5.73 Å². The molecule has 0 amide bonds. The summed E-state index contributed by atoms with van der Waals surface area (Å²) >= 11 is 0. The quantitative estimate of drug-likeness (QED) is 0.0614. The van der Waals surface area contributed by atoms with Crippen LogP contribution in [0.1, 0.15) is 194 Å². The Balaban J connectivity index is 3.29. The van der Waals surface area contributed by atoms with Gasteiger partial charge in [0.2, 0.25) is 0 Å². The molecule has 0 rings (SSSR count). The standard InChI is InChI=1S/C37H75NO2/c1-3-5-7-9-11-13-15-17-19-20-21-23-25-27-29-31-33-39-36-37(35-38)40-34-32-30-28-26-24-22-18-16-14-12-10-8-6-4-2/h17,19,37H,3-16,18,20-36,38H2,1-2H3/b19-17-. The van der Waals surface area contributed by atoms with E-state index >= 15 is 0 Å². The fourth-order valence-electron chi connectivity index (χ4n) is 5.40. The maximum atomic E-state index is 5.98. The maximum absolute atomic E-state index is 5.98. The van der Waals surface area contributed by atoms with Gasteiger partial charge in [0.25, 0.3) is 0 Å². The maximum Gasteiger partial charge on any atom is 0.0930 e. The van der Waals surface area contributed by atoms with Gasteiger partial charge in [-0.3, -0.25) is 0 Å². The minimum atomic E-state index is 0.0658. The van der Waals surface area contributed by atoms with Crippen LogP contribution >= 0.6 is 0 Å². The lowest BCUT2D eigenvalue weighted by Crippen LogP contribution is -2.29. The Morgan fingerprint density at radius 3 is 1.20 bits per heavy atom. The third-order valence-corrected chi connectivity index (χ3v) is 8.22. The van der Waals surface area contributed by atoms with Crippen LogP contribution in [-0.2, 0) is 9.47 Å². The summed E-state index contributed by atoms with van der Waals surface area (Å²) < 4.78 is 11.8. The van der Waals surface area contributed by atoms with Crippen molar-refractivity contribution in [1.82, 2.24) is 0 Å². The van der Waals surface area contributed by atoms with Crippen LogP contribution < -0.4 is 5.73 Å². The van der Waals surface area contributed by atoms with Crippen molar-refractivity contribution in [2.75, 3.05) is 26.4 Å². The van der Waals surface area contributed by atoms with E-state index in [9.17, 15) is 0 Å². The van der Waals surface area contributed by atoms with Crippen LogP contribution in [0, 0.1) is 0 Å². The van der Waals surface area contributed by atoms with E-state index in [2.05, 4.69) is 26.0 Å². The first-order chi connectivity index (χ1) is 19.8. The molecule has 0 aliphatic rings. The molecule has 2 N–H and O–H groups in total. The number of rotatable bonds is 35. The van der Waals surface area contributed by atoms with Gasteiger partial charge in [0.15, 0.2) is 0 Å². The summed E-state index contributed by atoms with van der Waals surface area (Å²) in [7, 11) is 0. The highest BCUT2D eigenvalue weighted by Crippen LogP contribution is 2.13. The fraction of sp³-hybridized carbons (Fsp3) is 0.946. The zero-order valence-corrected chi connectivity index (χ0v) is 27.8. The Morgan fingerprint density at radius 1 is 0.450 bits per heavy atom. The molecule has 0 aromatic rings. The molecule has 0 aromatic heterocycles. The van der Waals surface area contributed by atoms with Gasteiger partial charge in [-0.1, -0.05) is 167 Å². The summed E-state index contributed by atoms with van der Waals surface area (Å²) in [5.74, 6) is 0. The Morgan fingerprint density at radius 2 is 0.800 bits per heavy atom. The largest absolute Gasteiger partial charge is 0.379 e. The highest BCUT2D eigenvalue weighted by atomic mass is 16.5. The monoisotopic (exact) mass is 566 g/mol. The second kappa shape index (κ2) is 36.6. The van der Waals surface area contributed by atoms with E-state index in [1.54, 1.807) is 0 Å². The van der Waals surface area contributed by atoms with Gasteiger partial charge in [0, 0.05) is 19.8 Å². The number of hydrogen-bond acceptors (Lipinski definition) is 3. The first-order valence-corrected chi connectivity index (χ1v) is 18.4. The first-order valence-electron chi connectivity index (χ1n) is 18.4. The molecular weight excluding hydrogens is 490 g/mol. The summed E-state index contributed by atoms with van der Waals surface area (Å²) in [4.78, 5) is 0. The van der Waals surface area contributed by atoms with Crippen LogP contribution in [-0.4, -0.2) is 32.5 Å². The molecule has 0 aliphatic heterocycles. The summed E-state index contributed by atoms with van der Waals surface area (Å²) in [5, 5.41) is 0. The molecule has 0 fully saturated rings. The predicted molar refractivity (Wildman–Crippen MR) is 179 cm³/mol. The van der Waals surface area contributed by atoms with Crippen LogP contribution in [0.5, 0.6) is 0 Å². The predicted octanol–water partition coefficient (Wildman–Crippen LogP) is 11.9. The Bertz CT molecular complexity index is 467. The van der Waals surface area contributed by atoms with Gasteiger partial charge >= 0.3 is 0 Å². The van der Waals surface area contributed by atoms with Gasteiger partial charge in [-0.2, -0.15) is 0 Å². The van der Waals surface area contributed by atoms with Gasteiger partial charge in [-0.15, -0.1) is 0 Å². The average molecular weight is 566 g/mol. The lowest BCUT2D eigenvalue weighted by atomic mass is 10.0. The molecule has 0 saturated carbocycles. The number of unbranched alkanes of at least 4 members (excludes halogenated alkanes) is 25. The first kappa shape index (κ1) is 39.6. The minimum absolute atomic E-state index is 0.0658. The van der Waals surface area contributed by atoms with Gasteiger partial charge in [-0.25, -0.2) is 0 Å². The number of allylic oxidation sites excluding steroid dienone is 2. The summed E-state index contributed by atoms with van der Waals surface area (Å²) in [6.45, 7) is 7.47. The molecule has 0 heterocycles. The summed E-state index contributed by atoms with van der Waals surface area (Å²) in [6, 6.07) is 0. The number of hydrogen-bond donors (Lipinski definition) is 1. The number of nitrogens with two attached hydrogens (primary N) is 1. The number of ether oxygens (including phenoxy) is 2. The highest BCUT2D eigenvalue weighted by Gasteiger charge is 2.07. The Kier molecular flexibility index (Phi) is 36.3. The second-order valence-corrected chi connectivity index (χ2v) is 12.3. The lowest BCUT2D eigenvalue weighted by Gasteiger charge is -2.16. The van der Waals surface area contributed by atoms with Crippen LogP contribution in [0.3, 0.4) is 0 Å². The molecule has 0 saturated heterocycles. The molecule has 3 nitrogen and oxygen atoms in total. The third-order valence-electron chi connectivity index (χ3n) is 8.22. The van der Waals surface area contributed by atoms with Crippen LogP contribution in [0.15, 0.2) is 12.2 Å². The smallest absolute Gasteiger partial charge is 0.0930 e. The molecule has 0 spiro atoms. The van der Waals surface area contributed by atoms with Crippen molar-refractivity contribution in [3.05, 3.63) is 12.2 Å². The zero-order valence-electron chi connectivity index (χ0n) is 27.8. The second-order valence-electron chi connectivity index (χ2n) is 12.3. The van der Waals surface area contributed by atoms with E-state index in [0.29, 0.717) is 13.2 Å². The molecule has 0 radical (unpaired) electrons. The molecule has 0 bridgehead atoms. The molecule has 40 heavy (non-hydrogen) atoms. The van der Waals surface area contributed by atoms with E-state index in [1.807, 2.05) is 0 Å². The third kappa shape index (κ3) is 33.8. The van der Waals surface area contributed by atoms with Gasteiger partial charge < -0.3 is 15.2 Å². The van der Waals surface area contributed by atoms with Crippen molar-refractivity contribution in [1.29, 1.82) is 0 Å². The van der Waals surface area contributed by atoms with Crippen molar-refractivity contribution in [3.8, 4) is 0 Å². The van der Waals surface area contributed by atoms with Crippen LogP contribution in [0.4, 0.5) is 0 Å². The Labute approximate surface area is 253 Å². The Hall–Kier alpha value is -0.380. The molecule has 0 aliphatic carbocycles. The van der Waals surface area contributed by atoms with E-state index in [0.717, 1.165) is 26.1 Å². The van der Waals surface area contributed by atoms with E-state index in [-0.39, 0.29) is 6.10 Å². The molecular formula is C37H75NO2. The van der Waals surface area contributed by atoms with Crippen molar-refractivity contribution in [2.45, 2.75) is 200 Å². The summed E-state index contributed by atoms with van der Waals surface area (Å²) in [5.41, 5.74) is 5.90. The van der Waals surface area contributed by atoms with E-state index < -0.39 is 0 Å². The van der Waals surface area contributed by atoms with Crippen molar-refractivity contribution in [3.63, 3.8) is 0 Å². The van der Waals surface area contributed by atoms with Crippen molar-refractivity contribution >= 4 is 0 Å². The van der Waals surface area contributed by atoms with Crippen molar-refractivity contribution < 1.29 is 9.47 Å². The topological polar surface area (TPSA) is 44.5 Å². The average Bonchev–Trinajstić information content (AvgIpc) is 2.97. The molecule has 240 valence electrons. The van der Waals surface area contributed by atoms with Crippen LogP contribution in [0.2, 0.25) is 0 Å². The molecule has 1 unspecified atom stereocenters. The minimum Gasteiger partial charge on any atom is -0.379 e. The molecule has 0 aromatic carbocycles. The molecule has 3 heteroatoms. The zero-order chi connectivity index (χ0) is 29.0.